The third-order valence-electron chi connectivity index (χ3n) is 6.23. The molecule has 3 aromatic carbocycles. The molecule has 1 aromatic heterocycles. The average molecular weight is 456 g/mol. The zero-order chi connectivity index (χ0) is 23.2. The van der Waals surface area contributed by atoms with E-state index in [1.54, 1.807) is 26.4 Å². The maximum atomic E-state index is 13.8. The van der Waals surface area contributed by atoms with Gasteiger partial charge in [-0.25, -0.2) is 9.07 Å². The van der Waals surface area contributed by atoms with E-state index in [2.05, 4.69) is 15.4 Å². The molecule has 3 heterocycles. The van der Waals surface area contributed by atoms with Gasteiger partial charge in [0, 0.05) is 16.7 Å². The SMILES string of the molecule is COc1ccc(OC)c(C2C3=C(Nc4ncnn42)c2ccccc2OC3c2ccc(F)cc2)c1. The first-order valence-corrected chi connectivity index (χ1v) is 10.8. The third kappa shape index (κ3) is 3.10. The van der Waals surface area contributed by atoms with Crippen LogP contribution in [-0.4, -0.2) is 29.0 Å². The lowest BCUT2D eigenvalue weighted by Gasteiger charge is -2.39. The Morgan fingerprint density at radius 3 is 2.62 bits per heavy atom. The molecule has 2 atom stereocenters. The van der Waals surface area contributed by atoms with Crippen LogP contribution in [0.3, 0.4) is 0 Å². The lowest BCUT2D eigenvalue weighted by atomic mass is 9.84. The van der Waals surface area contributed by atoms with E-state index in [0.29, 0.717) is 17.4 Å². The Balaban J connectivity index is 1.65. The molecule has 170 valence electrons. The van der Waals surface area contributed by atoms with Crippen molar-refractivity contribution in [2.24, 2.45) is 0 Å². The van der Waals surface area contributed by atoms with Gasteiger partial charge in [-0.05, 0) is 48.0 Å². The monoisotopic (exact) mass is 456 g/mol. The van der Waals surface area contributed by atoms with Gasteiger partial charge in [0.1, 0.15) is 41.5 Å². The number of halogens is 1. The van der Waals surface area contributed by atoms with Gasteiger partial charge < -0.3 is 19.5 Å². The van der Waals surface area contributed by atoms with E-state index >= 15 is 0 Å². The number of hydrogen-bond acceptors (Lipinski definition) is 6. The minimum Gasteiger partial charge on any atom is -0.497 e. The van der Waals surface area contributed by atoms with Gasteiger partial charge in [-0.1, -0.05) is 24.3 Å². The van der Waals surface area contributed by atoms with Crippen molar-refractivity contribution in [1.82, 2.24) is 14.8 Å². The fourth-order valence-corrected chi connectivity index (χ4v) is 4.68. The van der Waals surface area contributed by atoms with Crippen molar-refractivity contribution < 1.29 is 18.6 Å². The lowest BCUT2D eigenvalue weighted by Crippen LogP contribution is -2.32. The van der Waals surface area contributed by atoms with Gasteiger partial charge in [0.15, 0.2) is 0 Å². The fraction of sp³-hybridized carbons (Fsp3) is 0.154. The van der Waals surface area contributed by atoms with E-state index in [1.807, 2.05) is 47.1 Å². The number of rotatable bonds is 4. The predicted molar refractivity (Wildman–Crippen MR) is 124 cm³/mol. The largest absolute Gasteiger partial charge is 0.497 e. The topological polar surface area (TPSA) is 70.4 Å². The Morgan fingerprint density at radius 2 is 1.82 bits per heavy atom. The second-order valence-electron chi connectivity index (χ2n) is 8.04. The van der Waals surface area contributed by atoms with Crippen molar-refractivity contribution in [3.05, 3.63) is 101 Å². The zero-order valence-corrected chi connectivity index (χ0v) is 18.5. The standard InChI is InChI=1S/C26H21FN4O3/c1-32-17-11-12-20(33-2)19(13-17)24-22-23(30-26-28-14-29-31(24)26)18-5-3-4-6-21(18)34-25(22)15-7-9-16(27)10-8-15/h3-14,24-25H,1-2H3,(H,28,29,30). The maximum absolute atomic E-state index is 13.8. The molecule has 2 aliphatic heterocycles. The summed E-state index contributed by atoms with van der Waals surface area (Å²) >= 11 is 0. The van der Waals surface area contributed by atoms with Crippen LogP contribution in [-0.2, 0) is 0 Å². The molecule has 4 aromatic rings. The molecule has 0 saturated heterocycles. The van der Waals surface area contributed by atoms with Gasteiger partial charge >= 0.3 is 0 Å². The van der Waals surface area contributed by atoms with Gasteiger partial charge in [-0.2, -0.15) is 10.1 Å². The van der Waals surface area contributed by atoms with Gasteiger partial charge in [0.2, 0.25) is 5.95 Å². The third-order valence-corrected chi connectivity index (χ3v) is 6.23. The molecule has 0 bridgehead atoms. The molecule has 1 N–H and O–H groups in total. The second-order valence-corrected chi connectivity index (χ2v) is 8.04. The molecule has 8 heteroatoms. The lowest BCUT2D eigenvalue weighted by molar-refractivity contribution is 0.222. The molecule has 0 fully saturated rings. The van der Waals surface area contributed by atoms with E-state index in [4.69, 9.17) is 14.2 Å². The van der Waals surface area contributed by atoms with Crippen LogP contribution < -0.4 is 19.5 Å². The van der Waals surface area contributed by atoms with Crippen LogP contribution in [0.15, 0.2) is 78.6 Å². The predicted octanol–water partition coefficient (Wildman–Crippen LogP) is 4.99. The summed E-state index contributed by atoms with van der Waals surface area (Å²) in [6, 6.07) is 19.5. The Bertz CT molecular complexity index is 1410. The van der Waals surface area contributed by atoms with Crippen molar-refractivity contribution in [2.45, 2.75) is 12.1 Å². The summed E-state index contributed by atoms with van der Waals surface area (Å²) in [5.41, 5.74) is 4.37. The highest BCUT2D eigenvalue weighted by Crippen LogP contribution is 2.52. The Kier molecular flexibility index (Phi) is 4.72. The molecule has 6 rings (SSSR count). The number of nitrogens with zero attached hydrogens (tertiary/aromatic N) is 3. The van der Waals surface area contributed by atoms with Crippen LogP contribution in [0.4, 0.5) is 10.3 Å². The first kappa shape index (κ1) is 20.3. The summed E-state index contributed by atoms with van der Waals surface area (Å²) in [5, 5.41) is 7.99. The molecule has 7 nitrogen and oxygen atoms in total. The molecular formula is C26H21FN4O3. The van der Waals surface area contributed by atoms with E-state index in [9.17, 15) is 4.39 Å². The average Bonchev–Trinajstić information content (AvgIpc) is 3.35. The molecule has 0 radical (unpaired) electrons. The van der Waals surface area contributed by atoms with Crippen LogP contribution in [0.2, 0.25) is 0 Å². The smallest absolute Gasteiger partial charge is 0.226 e. The van der Waals surface area contributed by atoms with E-state index < -0.39 is 12.1 Å². The molecule has 2 unspecified atom stereocenters. The highest BCUT2D eigenvalue weighted by molar-refractivity contribution is 5.85. The quantitative estimate of drug-likeness (QED) is 0.466. The summed E-state index contributed by atoms with van der Waals surface area (Å²) in [6.45, 7) is 0. The number of benzene rings is 3. The van der Waals surface area contributed by atoms with Crippen molar-refractivity contribution in [2.75, 3.05) is 19.5 Å². The zero-order valence-electron chi connectivity index (χ0n) is 18.5. The minimum absolute atomic E-state index is 0.305. The van der Waals surface area contributed by atoms with Crippen LogP contribution in [0.25, 0.3) is 5.70 Å². The van der Waals surface area contributed by atoms with Crippen LogP contribution in [0.1, 0.15) is 28.8 Å². The molecule has 0 aliphatic carbocycles. The number of aromatic nitrogens is 3. The van der Waals surface area contributed by atoms with E-state index in [0.717, 1.165) is 33.7 Å². The van der Waals surface area contributed by atoms with Crippen molar-refractivity contribution in [3.8, 4) is 17.2 Å². The molecule has 34 heavy (non-hydrogen) atoms. The molecule has 2 aliphatic rings. The Labute approximate surface area is 195 Å². The number of fused-ring (bicyclic) bond motifs is 3. The summed E-state index contributed by atoms with van der Waals surface area (Å²) in [7, 11) is 3.26. The van der Waals surface area contributed by atoms with Crippen LogP contribution in [0.5, 0.6) is 17.2 Å². The van der Waals surface area contributed by atoms with Gasteiger partial charge in [-0.3, -0.25) is 0 Å². The van der Waals surface area contributed by atoms with E-state index in [1.165, 1.54) is 18.5 Å². The number of para-hydroxylation sites is 1. The first-order chi connectivity index (χ1) is 16.7. The summed E-state index contributed by atoms with van der Waals surface area (Å²) < 4.78 is 33.4. The number of methoxy groups -OCH3 is 2. The number of anilines is 1. The van der Waals surface area contributed by atoms with Crippen LogP contribution >= 0.6 is 0 Å². The summed E-state index contributed by atoms with van der Waals surface area (Å²) in [5.74, 6) is 2.39. The Morgan fingerprint density at radius 1 is 1.00 bits per heavy atom. The van der Waals surface area contributed by atoms with Gasteiger partial charge in [-0.15, -0.1) is 0 Å². The number of hydrogen-bond donors (Lipinski definition) is 1. The fourth-order valence-electron chi connectivity index (χ4n) is 4.68. The molecular weight excluding hydrogens is 435 g/mol. The summed E-state index contributed by atoms with van der Waals surface area (Å²) in [4.78, 5) is 4.45. The van der Waals surface area contributed by atoms with Crippen molar-refractivity contribution in [1.29, 1.82) is 0 Å². The Hall–Kier alpha value is -4.33. The normalized spacial score (nSPS) is 18.2. The highest BCUT2D eigenvalue weighted by Gasteiger charge is 2.42. The molecule has 0 saturated carbocycles. The first-order valence-electron chi connectivity index (χ1n) is 10.8. The van der Waals surface area contributed by atoms with Gasteiger partial charge in [0.05, 0.1) is 19.9 Å². The van der Waals surface area contributed by atoms with Gasteiger partial charge in [0.25, 0.3) is 0 Å². The van der Waals surface area contributed by atoms with Crippen molar-refractivity contribution in [3.63, 3.8) is 0 Å². The van der Waals surface area contributed by atoms with Crippen molar-refractivity contribution >= 4 is 11.6 Å². The minimum atomic E-state index is -0.503. The second kappa shape index (κ2) is 7.91. The summed E-state index contributed by atoms with van der Waals surface area (Å²) in [6.07, 6.45) is 1.01. The maximum Gasteiger partial charge on any atom is 0.226 e. The highest BCUT2D eigenvalue weighted by atomic mass is 19.1. The molecule has 0 spiro atoms. The number of nitrogens with one attached hydrogen (secondary N) is 1. The molecule has 0 amide bonds. The number of ether oxygens (including phenoxy) is 3. The van der Waals surface area contributed by atoms with Crippen LogP contribution in [0, 0.1) is 5.82 Å². The van der Waals surface area contributed by atoms with E-state index in [-0.39, 0.29) is 5.82 Å².